The second-order valence-corrected chi connectivity index (χ2v) is 5.78. The van der Waals surface area contributed by atoms with Crippen molar-refractivity contribution < 1.29 is 9.53 Å². The first-order chi connectivity index (χ1) is 11.5. The van der Waals surface area contributed by atoms with E-state index in [0.717, 1.165) is 17.1 Å². The first kappa shape index (κ1) is 17.6. The predicted molar refractivity (Wildman–Crippen MR) is 97.6 cm³/mol. The lowest BCUT2D eigenvalue weighted by Gasteiger charge is -2.22. The number of hydrogen-bond acceptors (Lipinski definition) is 5. The van der Waals surface area contributed by atoms with E-state index in [-0.39, 0.29) is 0 Å². The molecule has 0 atom stereocenters. The van der Waals surface area contributed by atoms with Crippen LogP contribution in [-0.4, -0.2) is 31.3 Å². The Balaban J connectivity index is 1.96. The minimum absolute atomic E-state index is 0.409. The first-order valence-electron chi connectivity index (χ1n) is 7.86. The molecule has 2 N–H and O–H groups in total. The molecule has 6 heteroatoms. The molecule has 0 saturated heterocycles. The van der Waals surface area contributed by atoms with Crippen molar-refractivity contribution in [2.75, 3.05) is 29.7 Å². The highest BCUT2D eigenvalue weighted by molar-refractivity contribution is 5.85. The van der Waals surface area contributed by atoms with Gasteiger partial charge in [-0.15, -0.1) is 0 Å². The Hall–Kier alpha value is -2.76. The third-order valence-electron chi connectivity index (χ3n) is 3.74. The number of hydrogen-bond donors (Lipinski definition) is 2. The van der Waals surface area contributed by atoms with Gasteiger partial charge in [-0.05, 0) is 43.7 Å². The van der Waals surface area contributed by atoms with Gasteiger partial charge in [0.05, 0.1) is 7.11 Å². The number of nitrogens with one attached hydrogen (secondary N) is 2. The zero-order valence-corrected chi connectivity index (χ0v) is 14.5. The van der Waals surface area contributed by atoms with Crippen LogP contribution in [-0.2, 0) is 11.3 Å². The predicted octanol–water partition coefficient (Wildman–Crippen LogP) is 3.72. The fourth-order valence-corrected chi connectivity index (χ4v) is 2.07. The van der Waals surface area contributed by atoms with Crippen LogP contribution >= 0.6 is 0 Å². The van der Waals surface area contributed by atoms with Crippen molar-refractivity contribution in [3.05, 3.63) is 48.2 Å². The Morgan fingerprint density at radius 2 is 2.00 bits per heavy atom. The number of carbonyl (C=O) groups excluding carboxylic acids is 1. The van der Waals surface area contributed by atoms with Gasteiger partial charge in [-0.1, -0.05) is 12.1 Å². The zero-order chi connectivity index (χ0) is 17.5. The van der Waals surface area contributed by atoms with Crippen LogP contribution in [0.4, 0.5) is 22.0 Å². The summed E-state index contributed by atoms with van der Waals surface area (Å²) in [6, 6.07) is 12.0. The maximum absolute atomic E-state index is 11.2. The molecule has 128 valence electrons. The van der Waals surface area contributed by atoms with Gasteiger partial charge in [0.1, 0.15) is 5.82 Å². The zero-order valence-electron chi connectivity index (χ0n) is 14.5. The summed E-state index contributed by atoms with van der Waals surface area (Å²) in [4.78, 5) is 17.9. The summed E-state index contributed by atoms with van der Waals surface area (Å²) in [5, 5.41) is 5.96. The first-order valence-corrected chi connectivity index (χ1v) is 7.86. The summed E-state index contributed by atoms with van der Waals surface area (Å²) in [5.41, 5.74) is 2.67. The van der Waals surface area contributed by atoms with Crippen LogP contribution in [0.5, 0.6) is 0 Å². The smallest absolute Gasteiger partial charge is 0.411 e. The molecule has 0 radical (unpaired) electrons. The number of aromatic nitrogens is 1. The third kappa shape index (κ3) is 4.87. The van der Waals surface area contributed by atoms with Crippen molar-refractivity contribution in [2.45, 2.75) is 26.4 Å². The molecule has 1 amide bonds. The number of amides is 1. The van der Waals surface area contributed by atoms with E-state index in [1.807, 2.05) is 37.5 Å². The standard InChI is InChI=1S/C18H24N4O2/c1-13(2)22(3)17-9-8-14(12-20-17)11-19-15-6-5-7-16(10-15)21-18(23)24-4/h5-10,12-13,19H,11H2,1-4H3,(H,21,23). The molecule has 1 aromatic carbocycles. The number of ether oxygens (including phenoxy) is 1. The highest BCUT2D eigenvalue weighted by atomic mass is 16.5. The van der Waals surface area contributed by atoms with Crippen molar-refractivity contribution in [3.63, 3.8) is 0 Å². The Morgan fingerprint density at radius 3 is 2.62 bits per heavy atom. The summed E-state index contributed by atoms with van der Waals surface area (Å²) in [7, 11) is 3.37. The molecule has 1 aromatic heterocycles. The third-order valence-corrected chi connectivity index (χ3v) is 3.74. The summed E-state index contributed by atoms with van der Waals surface area (Å²) in [6.45, 7) is 4.92. The molecule has 0 bridgehead atoms. The Labute approximate surface area is 142 Å². The molecule has 0 spiro atoms. The number of methoxy groups -OCH3 is 1. The Kier molecular flexibility index (Phi) is 6.01. The SMILES string of the molecule is COC(=O)Nc1cccc(NCc2ccc(N(C)C(C)C)nc2)c1. The molecular formula is C18H24N4O2. The van der Waals surface area contributed by atoms with Gasteiger partial charge in [0.15, 0.2) is 0 Å². The molecule has 1 heterocycles. The van der Waals surface area contributed by atoms with E-state index in [1.165, 1.54) is 7.11 Å². The monoisotopic (exact) mass is 328 g/mol. The molecule has 0 aliphatic carbocycles. The highest BCUT2D eigenvalue weighted by Crippen LogP contribution is 2.17. The summed E-state index contributed by atoms with van der Waals surface area (Å²) < 4.78 is 4.59. The van der Waals surface area contributed by atoms with Gasteiger partial charge in [-0.2, -0.15) is 0 Å². The quantitative estimate of drug-likeness (QED) is 0.846. The minimum Gasteiger partial charge on any atom is -0.453 e. The van der Waals surface area contributed by atoms with Crippen LogP contribution < -0.4 is 15.5 Å². The normalized spacial score (nSPS) is 10.4. The van der Waals surface area contributed by atoms with Crippen molar-refractivity contribution >= 4 is 23.3 Å². The lowest BCUT2D eigenvalue weighted by atomic mass is 10.2. The molecule has 2 aromatic rings. The molecular weight excluding hydrogens is 304 g/mol. The molecule has 0 fully saturated rings. The van der Waals surface area contributed by atoms with E-state index in [0.29, 0.717) is 18.3 Å². The van der Waals surface area contributed by atoms with Gasteiger partial charge in [-0.3, -0.25) is 5.32 Å². The van der Waals surface area contributed by atoms with Gasteiger partial charge in [0.2, 0.25) is 0 Å². The van der Waals surface area contributed by atoms with Crippen LogP contribution in [0.15, 0.2) is 42.6 Å². The fraction of sp³-hybridized carbons (Fsp3) is 0.333. The van der Waals surface area contributed by atoms with E-state index in [2.05, 4.69) is 45.2 Å². The van der Waals surface area contributed by atoms with Crippen LogP contribution in [0.25, 0.3) is 0 Å². The molecule has 0 aliphatic rings. The van der Waals surface area contributed by atoms with Gasteiger partial charge < -0.3 is 15.0 Å². The minimum atomic E-state index is -0.485. The Bertz CT molecular complexity index is 671. The van der Waals surface area contributed by atoms with Gasteiger partial charge in [-0.25, -0.2) is 9.78 Å². The van der Waals surface area contributed by atoms with Crippen molar-refractivity contribution in [1.29, 1.82) is 0 Å². The second-order valence-electron chi connectivity index (χ2n) is 5.78. The fourth-order valence-electron chi connectivity index (χ4n) is 2.07. The van der Waals surface area contributed by atoms with Gasteiger partial charge in [0.25, 0.3) is 0 Å². The number of pyridine rings is 1. The van der Waals surface area contributed by atoms with E-state index in [9.17, 15) is 4.79 Å². The van der Waals surface area contributed by atoms with E-state index in [4.69, 9.17) is 0 Å². The van der Waals surface area contributed by atoms with Crippen LogP contribution in [0.2, 0.25) is 0 Å². The topological polar surface area (TPSA) is 66.5 Å². The summed E-state index contributed by atoms with van der Waals surface area (Å²) >= 11 is 0. The van der Waals surface area contributed by atoms with Crippen molar-refractivity contribution in [3.8, 4) is 0 Å². The number of benzene rings is 1. The number of anilines is 3. The van der Waals surface area contributed by atoms with Gasteiger partial charge >= 0.3 is 6.09 Å². The van der Waals surface area contributed by atoms with E-state index in [1.54, 1.807) is 6.07 Å². The van der Waals surface area contributed by atoms with Crippen molar-refractivity contribution in [2.24, 2.45) is 0 Å². The molecule has 0 aliphatic heterocycles. The maximum atomic E-state index is 11.2. The Morgan fingerprint density at radius 1 is 1.25 bits per heavy atom. The van der Waals surface area contributed by atoms with Crippen LogP contribution in [0.1, 0.15) is 19.4 Å². The average molecular weight is 328 g/mol. The van der Waals surface area contributed by atoms with Crippen molar-refractivity contribution in [1.82, 2.24) is 4.98 Å². The molecule has 2 rings (SSSR count). The molecule has 6 nitrogen and oxygen atoms in total. The number of rotatable bonds is 6. The molecule has 0 unspecified atom stereocenters. The largest absolute Gasteiger partial charge is 0.453 e. The van der Waals surface area contributed by atoms with Crippen LogP contribution in [0.3, 0.4) is 0 Å². The van der Waals surface area contributed by atoms with E-state index < -0.39 is 6.09 Å². The maximum Gasteiger partial charge on any atom is 0.411 e. The number of carbonyl (C=O) groups is 1. The lowest BCUT2D eigenvalue weighted by molar-refractivity contribution is 0.187. The average Bonchev–Trinajstić information content (AvgIpc) is 2.60. The molecule has 0 saturated carbocycles. The lowest BCUT2D eigenvalue weighted by Crippen LogP contribution is -2.26. The molecule has 24 heavy (non-hydrogen) atoms. The van der Waals surface area contributed by atoms with Crippen LogP contribution in [0, 0.1) is 0 Å². The van der Waals surface area contributed by atoms with Gasteiger partial charge in [0, 0.05) is 37.2 Å². The second kappa shape index (κ2) is 8.19. The van der Waals surface area contributed by atoms with E-state index >= 15 is 0 Å². The summed E-state index contributed by atoms with van der Waals surface area (Å²) in [5.74, 6) is 0.957. The number of nitrogens with zero attached hydrogens (tertiary/aromatic N) is 2. The summed E-state index contributed by atoms with van der Waals surface area (Å²) in [6.07, 6.45) is 1.39. The highest BCUT2D eigenvalue weighted by Gasteiger charge is 2.06.